The lowest BCUT2D eigenvalue weighted by atomic mass is 10.3. The first-order chi connectivity index (χ1) is 8.50. The Kier molecular flexibility index (Phi) is 8.27. The van der Waals surface area contributed by atoms with Crippen molar-refractivity contribution in [3.05, 3.63) is 96.5 Å². The van der Waals surface area contributed by atoms with Gasteiger partial charge in [0.15, 0.2) is 0 Å². The molecule has 17 heavy (non-hydrogen) atoms. The van der Waals surface area contributed by atoms with E-state index < -0.39 is 0 Å². The molecule has 1 aliphatic rings. The van der Waals surface area contributed by atoms with Crippen LogP contribution in [0.3, 0.4) is 0 Å². The van der Waals surface area contributed by atoms with Crippen LogP contribution >= 0.6 is 0 Å². The van der Waals surface area contributed by atoms with Crippen molar-refractivity contribution in [2.45, 2.75) is 0 Å². The van der Waals surface area contributed by atoms with Gasteiger partial charge in [0.1, 0.15) is 0 Å². The van der Waals surface area contributed by atoms with E-state index in [0.29, 0.717) is 0 Å². The minimum Gasteiger partial charge on any atom is -0.0969 e. The molecule has 0 nitrogen and oxygen atoms in total. The molecule has 0 aromatic heterocycles. The molecule has 0 amide bonds. The van der Waals surface area contributed by atoms with Crippen LogP contribution in [0.15, 0.2) is 96.5 Å². The summed E-state index contributed by atoms with van der Waals surface area (Å²) in [6, 6.07) is 0. The molecule has 0 saturated heterocycles. The third-order valence-electron chi connectivity index (χ3n) is 1.99. The highest BCUT2D eigenvalue weighted by atomic mass is 28.2. The van der Waals surface area contributed by atoms with Crippen molar-refractivity contribution in [1.82, 2.24) is 0 Å². The van der Waals surface area contributed by atoms with E-state index >= 15 is 0 Å². The Morgan fingerprint density at radius 2 is 0.529 bits per heavy atom. The highest BCUT2D eigenvalue weighted by Gasteiger charge is 1.70. The zero-order valence-electron chi connectivity index (χ0n) is 9.94. The largest absolute Gasteiger partial charge is 0.0969 e. The quantitative estimate of drug-likeness (QED) is 0.566. The van der Waals surface area contributed by atoms with E-state index in [1.54, 1.807) is 0 Å². The molecule has 86 valence electrons. The predicted molar refractivity (Wildman–Crippen MR) is 81.7 cm³/mol. The Morgan fingerprint density at radius 3 is 0.824 bits per heavy atom. The highest BCUT2D eigenvalue weighted by molar-refractivity contribution is 6.48. The molecule has 0 bridgehead atoms. The van der Waals surface area contributed by atoms with Gasteiger partial charge in [0.05, 0.1) is 9.52 Å². The highest BCUT2D eigenvalue weighted by Crippen LogP contribution is 1.87. The maximum Gasteiger partial charge on any atom is 0.0691 e. The smallest absolute Gasteiger partial charge is 0.0691 e. The average Bonchev–Trinajstić information content (AvgIpc) is 2.35. The normalized spacial score (nSPS) is 17.9. The molecule has 1 rings (SSSR count). The maximum absolute atomic E-state index is 2.26. The lowest BCUT2D eigenvalue weighted by Crippen LogP contribution is -1.73. The van der Waals surface area contributed by atoms with Crippen LogP contribution < -0.4 is 0 Å². The molecule has 1 aliphatic heterocycles. The summed E-state index contributed by atoms with van der Waals surface area (Å²) < 4.78 is 0. The molecule has 0 radical (unpaired) electrons. The van der Waals surface area contributed by atoms with Crippen LogP contribution in [0.4, 0.5) is 0 Å². The summed E-state index contributed by atoms with van der Waals surface area (Å²) in [5.74, 6) is 0. The first-order valence-corrected chi connectivity index (χ1v) is 7.45. The Morgan fingerprint density at radius 1 is 0.294 bits per heavy atom. The molecule has 1 heteroatoms. The molecule has 0 aliphatic carbocycles. The Bertz CT molecular complexity index is 373. The van der Waals surface area contributed by atoms with Gasteiger partial charge in [-0.1, -0.05) is 96.5 Å². The third-order valence-corrected chi connectivity index (χ3v) is 3.08. The van der Waals surface area contributed by atoms with Gasteiger partial charge in [0, 0.05) is 0 Å². The van der Waals surface area contributed by atoms with Gasteiger partial charge in [0.2, 0.25) is 0 Å². The van der Waals surface area contributed by atoms with Crippen LogP contribution in [0.1, 0.15) is 0 Å². The van der Waals surface area contributed by atoms with E-state index in [-0.39, 0.29) is 9.52 Å². The maximum atomic E-state index is 2.26. The van der Waals surface area contributed by atoms with Crippen LogP contribution in [0.2, 0.25) is 0 Å². The van der Waals surface area contributed by atoms with E-state index in [1.165, 1.54) is 0 Å². The first-order valence-electron chi connectivity index (χ1n) is 5.82. The van der Waals surface area contributed by atoms with Crippen molar-refractivity contribution >= 4 is 9.52 Å². The van der Waals surface area contributed by atoms with Gasteiger partial charge < -0.3 is 0 Å². The zero-order valence-corrected chi connectivity index (χ0v) is 11.4. The molecule has 0 N–H and O–H groups in total. The second-order valence-corrected chi connectivity index (χ2v) is 4.82. The fourth-order valence-electron chi connectivity index (χ4n) is 1.16. The van der Waals surface area contributed by atoms with Gasteiger partial charge in [-0.2, -0.15) is 0 Å². The fourth-order valence-corrected chi connectivity index (χ4v) is 1.95. The molecule has 0 unspecified atom stereocenters. The molecule has 0 spiro atoms. The van der Waals surface area contributed by atoms with E-state index in [1.807, 2.05) is 60.8 Å². The second kappa shape index (κ2) is 10.6. The number of rotatable bonds is 0. The number of allylic oxidation sites excluding steroid dienone is 14. The number of hydrogen-bond donors (Lipinski definition) is 0. The SMILES string of the molecule is C1=CC=CC=CC=C[SiH2]C=CC=CC=CC=C1. The monoisotopic (exact) mass is 238 g/mol. The average molecular weight is 238 g/mol. The van der Waals surface area contributed by atoms with Crippen molar-refractivity contribution < 1.29 is 0 Å². The van der Waals surface area contributed by atoms with Gasteiger partial charge in [-0.15, -0.1) is 0 Å². The summed E-state index contributed by atoms with van der Waals surface area (Å²) in [6.45, 7) is 0. The standard InChI is InChI=1S/C16H18Si/c1-2-4-6-8-10-12-14-16-17-15-13-11-9-7-5-3-1/h1-16H,17H2. The Balaban J connectivity index is 2.62. The summed E-state index contributed by atoms with van der Waals surface area (Å²) in [5, 5.41) is 0. The van der Waals surface area contributed by atoms with Gasteiger partial charge in [-0.25, -0.2) is 0 Å². The van der Waals surface area contributed by atoms with Crippen molar-refractivity contribution in [1.29, 1.82) is 0 Å². The van der Waals surface area contributed by atoms with Gasteiger partial charge in [-0.3, -0.25) is 0 Å². The minimum atomic E-state index is -0.195. The fraction of sp³-hybridized carbons (Fsp3) is 0. The molecule has 0 saturated carbocycles. The van der Waals surface area contributed by atoms with Crippen LogP contribution in [-0.4, -0.2) is 9.52 Å². The molecule has 0 aromatic rings. The lowest BCUT2D eigenvalue weighted by Gasteiger charge is -1.77. The summed E-state index contributed by atoms with van der Waals surface area (Å²) in [6.07, 6.45) is 28.6. The summed E-state index contributed by atoms with van der Waals surface area (Å²) in [7, 11) is -0.195. The Labute approximate surface area is 106 Å². The molecule has 1 heterocycles. The van der Waals surface area contributed by atoms with E-state index in [0.717, 1.165) is 0 Å². The molecule has 0 atom stereocenters. The van der Waals surface area contributed by atoms with Crippen LogP contribution in [0, 0.1) is 0 Å². The van der Waals surface area contributed by atoms with Crippen LogP contribution in [0.5, 0.6) is 0 Å². The predicted octanol–water partition coefficient (Wildman–Crippen LogP) is 3.53. The summed E-state index contributed by atoms with van der Waals surface area (Å²) in [4.78, 5) is 0. The van der Waals surface area contributed by atoms with Crippen molar-refractivity contribution in [2.75, 3.05) is 0 Å². The van der Waals surface area contributed by atoms with Crippen molar-refractivity contribution in [3.8, 4) is 0 Å². The van der Waals surface area contributed by atoms with E-state index in [4.69, 9.17) is 0 Å². The summed E-state index contributed by atoms with van der Waals surface area (Å²) >= 11 is 0. The first kappa shape index (κ1) is 13.2. The van der Waals surface area contributed by atoms with Crippen LogP contribution in [0.25, 0.3) is 0 Å². The Hall–Kier alpha value is -1.86. The molecule has 0 aromatic carbocycles. The van der Waals surface area contributed by atoms with Crippen molar-refractivity contribution in [3.63, 3.8) is 0 Å². The molecular formula is C16H18Si. The van der Waals surface area contributed by atoms with Gasteiger partial charge in [-0.05, 0) is 0 Å². The van der Waals surface area contributed by atoms with Gasteiger partial charge in [0.25, 0.3) is 0 Å². The zero-order chi connectivity index (χ0) is 12.0. The van der Waals surface area contributed by atoms with E-state index in [9.17, 15) is 0 Å². The van der Waals surface area contributed by atoms with Crippen molar-refractivity contribution in [2.24, 2.45) is 0 Å². The van der Waals surface area contributed by atoms with E-state index in [2.05, 4.69) is 35.7 Å². The second-order valence-electron chi connectivity index (χ2n) is 3.40. The molecule has 0 fully saturated rings. The lowest BCUT2D eigenvalue weighted by molar-refractivity contribution is 1.84. The molecular weight excluding hydrogens is 220 g/mol. The topological polar surface area (TPSA) is 0 Å². The summed E-state index contributed by atoms with van der Waals surface area (Å²) in [5.41, 5.74) is 4.53. The number of hydrogen-bond acceptors (Lipinski definition) is 0. The van der Waals surface area contributed by atoms with Crippen LogP contribution in [-0.2, 0) is 0 Å². The van der Waals surface area contributed by atoms with Gasteiger partial charge >= 0.3 is 0 Å². The minimum absolute atomic E-state index is 0.195. The third kappa shape index (κ3) is 9.09.